The average molecular weight is 233 g/mol. The van der Waals surface area contributed by atoms with Crippen LogP contribution in [0.2, 0.25) is 0 Å². The van der Waals surface area contributed by atoms with Crippen LogP contribution in [0.25, 0.3) is 0 Å². The van der Waals surface area contributed by atoms with Crippen molar-refractivity contribution >= 4 is 22.7 Å². The molecule has 2 aromatic rings. The lowest BCUT2D eigenvalue weighted by Gasteiger charge is -2.07. The van der Waals surface area contributed by atoms with Gasteiger partial charge in [-0.25, -0.2) is 0 Å². The van der Waals surface area contributed by atoms with E-state index in [-0.39, 0.29) is 0 Å². The summed E-state index contributed by atoms with van der Waals surface area (Å²) in [5.41, 5.74) is 3.40. The third-order valence-electron chi connectivity index (χ3n) is 2.20. The summed E-state index contributed by atoms with van der Waals surface area (Å²) in [6.45, 7) is 3.84. The molecule has 0 aliphatic heterocycles. The molecule has 2 N–H and O–H groups in total. The summed E-state index contributed by atoms with van der Waals surface area (Å²) in [6, 6.07) is 4.20. The molecule has 0 aliphatic carbocycles. The number of hydrogen-bond acceptors (Lipinski definition) is 4. The lowest BCUT2D eigenvalue weighted by molar-refractivity contribution is 1.14. The van der Waals surface area contributed by atoms with Crippen LogP contribution in [0.4, 0.5) is 11.4 Å². The van der Waals surface area contributed by atoms with Crippen LogP contribution in [0.3, 0.4) is 0 Å². The van der Waals surface area contributed by atoms with Gasteiger partial charge in [0.15, 0.2) is 0 Å². The van der Waals surface area contributed by atoms with Gasteiger partial charge in [0.2, 0.25) is 0 Å². The predicted octanol–water partition coefficient (Wildman–Crippen LogP) is 3.19. The van der Waals surface area contributed by atoms with Crippen molar-refractivity contribution in [2.45, 2.75) is 13.5 Å². The molecule has 0 atom stereocenters. The number of aromatic nitrogens is 1. The van der Waals surface area contributed by atoms with Crippen LogP contribution in [0.5, 0.6) is 0 Å². The maximum atomic E-state index is 4.18. The van der Waals surface area contributed by atoms with E-state index in [0.717, 1.165) is 24.5 Å². The van der Waals surface area contributed by atoms with E-state index in [2.05, 4.69) is 45.4 Å². The van der Waals surface area contributed by atoms with Gasteiger partial charge >= 0.3 is 0 Å². The molecule has 2 heterocycles. The van der Waals surface area contributed by atoms with Gasteiger partial charge in [0, 0.05) is 13.1 Å². The third kappa shape index (κ3) is 2.97. The molecule has 3 nitrogen and oxygen atoms in total. The smallest absolute Gasteiger partial charge is 0.0550 e. The van der Waals surface area contributed by atoms with Crippen molar-refractivity contribution < 1.29 is 0 Å². The van der Waals surface area contributed by atoms with E-state index in [1.165, 1.54) is 5.56 Å². The Morgan fingerprint density at radius 2 is 2.06 bits per heavy atom. The molecule has 0 saturated heterocycles. The molecule has 4 heteroatoms. The number of rotatable bonds is 5. The summed E-state index contributed by atoms with van der Waals surface area (Å²) in [5, 5.41) is 10.8. The number of nitrogens with zero attached hydrogens (tertiary/aromatic N) is 1. The van der Waals surface area contributed by atoms with Crippen molar-refractivity contribution in [2.24, 2.45) is 0 Å². The molecule has 84 valence electrons. The summed E-state index contributed by atoms with van der Waals surface area (Å²) in [6.07, 6.45) is 3.67. The first-order chi connectivity index (χ1) is 7.88. The number of nitrogens with one attached hydrogen (secondary N) is 2. The van der Waals surface area contributed by atoms with Crippen LogP contribution in [0.1, 0.15) is 12.5 Å². The fraction of sp³-hybridized carbons (Fsp3) is 0.250. The molecule has 0 spiro atoms. The minimum Gasteiger partial charge on any atom is -0.384 e. The van der Waals surface area contributed by atoms with Gasteiger partial charge in [0.1, 0.15) is 0 Å². The van der Waals surface area contributed by atoms with Gasteiger partial charge in [-0.05, 0) is 35.4 Å². The molecule has 2 aromatic heterocycles. The van der Waals surface area contributed by atoms with Gasteiger partial charge in [0.25, 0.3) is 0 Å². The van der Waals surface area contributed by atoms with E-state index in [1.807, 2.05) is 12.4 Å². The van der Waals surface area contributed by atoms with Gasteiger partial charge in [-0.1, -0.05) is 0 Å². The average Bonchev–Trinajstić information content (AvgIpc) is 2.80. The molecule has 0 fully saturated rings. The van der Waals surface area contributed by atoms with Gasteiger partial charge in [-0.2, -0.15) is 11.3 Å². The van der Waals surface area contributed by atoms with E-state index in [1.54, 1.807) is 11.3 Å². The van der Waals surface area contributed by atoms with Gasteiger partial charge < -0.3 is 10.6 Å². The summed E-state index contributed by atoms with van der Waals surface area (Å²) < 4.78 is 0. The van der Waals surface area contributed by atoms with Crippen LogP contribution < -0.4 is 10.6 Å². The van der Waals surface area contributed by atoms with E-state index in [4.69, 9.17) is 0 Å². The molecule has 0 aromatic carbocycles. The monoisotopic (exact) mass is 233 g/mol. The molecular weight excluding hydrogens is 218 g/mol. The Bertz CT molecular complexity index is 426. The van der Waals surface area contributed by atoms with Crippen molar-refractivity contribution in [3.63, 3.8) is 0 Å². The third-order valence-corrected chi connectivity index (χ3v) is 2.93. The van der Waals surface area contributed by atoms with Crippen LogP contribution in [0, 0.1) is 0 Å². The molecule has 2 rings (SSSR count). The zero-order valence-electron chi connectivity index (χ0n) is 9.23. The summed E-state index contributed by atoms with van der Waals surface area (Å²) in [5.74, 6) is 0. The molecule has 16 heavy (non-hydrogen) atoms. The van der Waals surface area contributed by atoms with Crippen molar-refractivity contribution in [1.29, 1.82) is 0 Å². The van der Waals surface area contributed by atoms with E-state index in [0.29, 0.717) is 0 Å². The summed E-state index contributed by atoms with van der Waals surface area (Å²) in [7, 11) is 0. The Morgan fingerprint density at radius 3 is 2.75 bits per heavy atom. The first kappa shape index (κ1) is 11.0. The Hall–Kier alpha value is -1.55. The molecule has 0 saturated carbocycles. The fourth-order valence-corrected chi connectivity index (χ4v) is 2.10. The highest BCUT2D eigenvalue weighted by atomic mass is 32.1. The zero-order chi connectivity index (χ0) is 11.2. The summed E-state index contributed by atoms with van der Waals surface area (Å²) >= 11 is 1.72. The topological polar surface area (TPSA) is 37.0 Å². The second-order valence-electron chi connectivity index (χ2n) is 3.48. The first-order valence-electron chi connectivity index (χ1n) is 5.32. The first-order valence-corrected chi connectivity index (χ1v) is 6.26. The van der Waals surface area contributed by atoms with Gasteiger partial charge in [0.05, 0.1) is 23.8 Å². The molecule has 0 radical (unpaired) electrons. The summed E-state index contributed by atoms with van der Waals surface area (Å²) in [4.78, 5) is 4.18. The standard InChI is InChI=1S/C12H15N3S/c1-2-14-11-5-12(8-13-7-11)15-6-10-3-4-16-9-10/h3-5,7-9,14-15H,2,6H2,1H3. The minimum atomic E-state index is 0.848. The highest BCUT2D eigenvalue weighted by molar-refractivity contribution is 7.07. The van der Waals surface area contributed by atoms with E-state index < -0.39 is 0 Å². The maximum Gasteiger partial charge on any atom is 0.0550 e. The van der Waals surface area contributed by atoms with Crippen molar-refractivity contribution in [3.8, 4) is 0 Å². The molecule has 0 unspecified atom stereocenters. The minimum absolute atomic E-state index is 0.848. The Balaban J connectivity index is 1.96. The lowest BCUT2D eigenvalue weighted by Crippen LogP contribution is -2.01. The van der Waals surface area contributed by atoms with Crippen LogP contribution in [0.15, 0.2) is 35.3 Å². The molecular formula is C12H15N3S. The number of thiophene rings is 1. The van der Waals surface area contributed by atoms with Crippen LogP contribution >= 0.6 is 11.3 Å². The van der Waals surface area contributed by atoms with Crippen LogP contribution in [-0.4, -0.2) is 11.5 Å². The van der Waals surface area contributed by atoms with Crippen molar-refractivity contribution in [2.75, 3.05) is 17.2 Å². The zero-order valence-corrected chi connectivity index (χ0v) is 10.1. The second-order valence-corrected chi connectivity index (χ2v) is 4.26. The maximum absolute atomic E-state index is 4.18. The highest BCUT2D eigenvalue weighted by Crippen LogP contribution is 2.14. The largest absolute Gasteiger partial charge is 0.384 e. The van der Waals surface area contributed by atoms with E-state index in [9.17, 15) is 0 Å². The Morgan fingerprint density at radius 1 is 1.25 bits per heavy atom. The molecule has 0 aliphatic rings. The van der Waals surface area contributed by atoms with Crippen molar-refractivity contribution in [3.05, 3.63) is 40.8 Å². The molecule has 0 bridgehead atoms. The normalized spacial score (nSPS) is 10.1. The van der Waals surface area contributed by atoms with E-state index >= 15 is 0 Å². The molecule has 0 amide bonds. The predicted molar refractivity (Wildman–Crippen MR) is 70.0 cm³/mol. The highest BCUT2D eigenvalue weighted by Gasteiger charge is 1.96. The number of anilines is 2. The fourth-order valence-electron chi connectivity index (χ4n) is 1.43. The Labute approximate surface area is 99.5 Å². The van der Waals surface area contributed by atoms with Gasteiger partial charge in [-0.15, -0.1) is 0 Å². The van der Waals surface area contributed by atoms with Crippen molar-refractivity contribution in [1.82, 2.24) is 4.98 Å². The lowest BCUT2D eigenvalue weighted by atomic mass is 10.3. The quantitative estimate of drug-likeness (QED) is 0.832. The Kier molecular flexibility index (Phi) is 3.77. The SMILES string of the molecule is CCNc1cncc(NCc2ccsc2)c1. The van der Waals surface area contributed by atoms with Crippen LogP contribution in [-0.2, 0) is 6.54 Å². The second kappa shape index (κ2) is 5.51. The van der Waals surface area contributed by atoms with Gasteiger partial charge in [-0.3, -0.25) is 4.98 Å². The number of hydrogen-bond donors (Lipinski definition) is 2. The number of pyridine rings is 1.